The molecule has 15 heavy (non-hydrogen) atoms. The predicted octanol–water partition coefficient (Wildman–Crippen LogP) is 0.945. The van der Waals surface area contributed by atoms with Crippen LogP contribution in [0.15, 0.2) is 0 Å². The van der Waals surface area contributed by atoms with Gasteiger partial charge in [0.1, 0.15) is 0 Å². The van der Waals surface area contributed by atoms with Gasteiger partial charge in [-0.3, -0.25) is 4.79 Å². The Balaban J connectivity index is 3.13. The van der Waals surface area contributed by atoms with Crippen LogP contribution in [-0.4, -0.2) is 47.4 Å². The number of thioether (sulfide) groups is 1. The largest absolute Gasteiger partial charge is 0.481 e. The predicted molar refractivity (Wildman–Crippen MR) is 63.4 cm³/mol. The van der Waals surface area contributed by atoms with E-state index >= 15 is 0 Å². The molecule has 0 rings (SSSR count). The molecule has 0 aromatic rings. The highest BCUT2D eigenvalue weighted by molar-refractivity contribution is 7.98. The van der Waals surface area contributed by atoms with Crippen LogP contribution < -0.4 is 5.32 Å². The average molecular weight is 235 g/mol. The number of hydrogen-bond donors (Lipinski definition) is 3. The number of carboxylic acid groups (broad SMARTS) is 1. The molecule has 1 unspecified atom stereocenters. The zero-order valence-corrected chi connectivity index (χ0v) is 10.1. The van der Waals surface area contributed by atoms with Crippen LogP contribution in [0.1, 0.15) is 25.7 Å². The molecule has 1 atom stereocenters. The van der Waals surface area contributed by atoms with Crippen LogP contribution in [0.5, 0.6) is 0 Å². The Kier molecular flexibility index (Phi) is 10.1. The summed E-state index contributed by atoms with van der Waals surface area (Å²) in [6.07, 6.45) is 4.64. The van der Waals surface area contributed by atoms with E-state index in [2.05, 4.69) is 11.6 Å². The summed E-state index contributed by atoms with van der Waals surface area (Å²) < 4.78 is 0. The summed E-state index contributed by atoms with van der Waals surface area (Å²) in [6.45, 7) is 1.22. The van der Waals surface area contributed by atoms with Crippen LogP contribution in [0.2, 0.25) is 0 Å². The molecule has 0 aromatic carbocycles. The van der Waals surface area contributed by atoms with Gasteiger partial charge < -0.3 is 15.5 Å². The quantitative estimate of drug-likeness (QED) is 0.492. The number of carboxylic acids is 1. The fourth-order valence-corrected chi connectivity index (χ4v) is 1.71. The van der Waals surface area contributed by atoms with E-state index in [1.807, 2.05) is 11.8 Å². The summed E-state index contributed by atoms with van der Waals surface area (Å²) >= 11 is 1.85. The lowest BCUT2D eigenvalue weighted by Crippen LogP contribution is -2.29. The standard InChI is InChI=1S/C10H21NO3S/c1-15-6-4-2-3-5-11-8-9(12)7-10(13)14/h9,11-12H,2-8H2,1H3,(H,13,14). The van der Waals surface area contributed by atoms with Gasteiger partial charge in [-0.2, -0.15) is 11.8 Å². The smallest absolute Gasteiger partial charge is 0.306 e. The maximum absolute atomic E-state index is 10.2. The normalized spacial score (nSPS) is 12.7. The highest BCUT2D eigenvalue weighted by atomic mass is 32.2. The van der Waals surface area contributed by atoms with Crippen molar-refractivity contribution < 1.29 is 15.0 Å². The van der Waals surface area contributed by atoms with Gasteiger partial charge in [0.25, 0.3) is 0 Å². The zero-order valence-electron chi connectivity index (χ0n) is 9.24. The molecule has 0 heterocycles. The van der Waals surface area contributed by atoms with Crippen molar-refractivity contribution in [2.45, 2.75) is 31.8 Å². The maximum Gasteiger partial charge on any atom is 0.306 e. The molecule has 0 fully saturated rings. The number of aliphatic carboxylic acids is 1. The van der Waals surface area contributed by atoms with E-state index in [-0.39, 0.29) is 6.42 Å². The van der Waals surface area contributed by atoms with Gasteiger partial charge in [-0.25, -0.2) is 0 Å². The van der Waals surface area contributed by atoms with Crippen molar-refractivity contribution in [3.05, 3.63) is 0 Å². The van der Waals surface area contributed by atoms with Crippen LogP contribution in [0.25, 0.3) is 0 Å². The molecule has 0 radical (unpaired) electrons. The molecule has 0 aromatic heterocycles. The summed E-state index contributed by atoms with van der Waals surface area (Å²) in [6, 6.07) is 0. The molecule has 0 aliphatic carbocycles. The van der Waals surface area contributed by atoms with E-state index in [1.54, 1.807) is 0 Å². The SMILES string of the molecule is CSCCCCCNCC(O)CC(=O)O. The first-order chi connectivity index (χ1) is 7.16. The summed E-state index contributed by atoms with van der Waals surface area (Å²) in [5, 5.41) is 20.7. The van der Waals surface area contributed by atoms with Gasteiger partial charge in [-0.15, -0.1) is 0 Å². The molecular formula is C10H21NO3S. The second kappa shape index (κ2) is 10.3. The third-order valence-corrected chi connectivity index (χ3v) is 2.69. The summed E-state index contributed by atoms with van der Waals surface area (Å²) in [4.78, 5) is 10.2. The molecule has 5 heteroatoms. The summed E-state index contributed by atoms with van der Waals surface area (Å²) in [5.74, 6) is 0.242. The average Bonchev–Trinajstić information content (AvgIpc) is 2.15. The number of aliphatic hydroxyl groups is 1. The molecule has 0 aliphatic heterocycles. The van der Waals surface area contributed by atoms with E-state index in [1.165, 1.54) is 18.6 Å². The molecule has 0 saturated heterocycles. The number of carbonyl (C=O) groups is 1. The van der Waals surface area contributed by atoms with Crippen LogP contribution in [0.4, 0.5) is 0 Å². The first-order valence-corrected chi connectivity index (χ1v) is 6.65. The van der Waals surface area contributed by atoms with Gasteiger partial charge in [-0.1, -0.05) is 6.42 Å². The van der Waals surface area contributed by atoms with E-state index in [9.17, 15) is 9.90 Å². The lowest BCUT2D eigenvalue weighted by atomic mass is 10.2. The molecule has 90 valence electrons. The Morgan fingerprint density at radius 3 is 2.73 bits per heavy atom. The van der Waals surface area contributed by atoms with E-state index in [0.29, 0.717) is 6.54 Å². The van der Waals surface area contributed by atoms with Crippen LogP contribution in [0, 0.1) is 0 Å². The molecule has 0 bridgehead atoms. The van der Waals surface area contributed by atoms with Gasteiger partial charge in [0.05, 0.1) is 12.5 Å². The van der Waals surface area contributed by atoms with Crippen LogP contribution in [-0.2, 0) is 4.79 Å². The van der Waals surface area contributed by atoms with Gasteiger partial charge in [-0.05, 0) is 31.4 Å². The molecule has 0 spiro atoms. The Morgan fingerprint density at radius 1 is 1.40 bits per heavy atom. The zero-order chi connectivity index (χ0) is 11.5. The Morgan fingerprint density at radius 2 is 2.13 bits per heavy atom. The van der Waals surface area contributed by atoms with E-state index < -0.39 is 12.1 Å². The first kappa shape index (κ1) is 14.7. The Hall–Kier alpha value is -0.260. The number of unbranched alkanes of at least 4 members (excludes halogenated alkanes) is 2. The minimum atomic E-state index is -0.954. The van der Waals surface area contributed by atoms with Gasteiger partial charge in [0, 0.05) is 6.54 Å². The van der Waals surface area contributed by atoms with E-state index in [0.717, 1.165) is 13.0 Å². The topological polar surface area (TPSA) is 69.6 Å². The summed E-state index contributed by atoms with van der Waals surface area (Å²) in [5.41, 5.74) is 0. The summed E-state index contributed by atoms with van der Waals surface area (Å²) in [7, 11) is 0. The van der Waals surface area contributed by atoms with Gasteiger partial charge in [0.15, 0.2) is 0 Å². The molecular weight excluding hydrogens is 214 g/mol. The van der Waals surface area contributed by atoms with Crippen molar-refractivity contribution in [2.75, 3.05) is 25.1 Å². The van der Waals surface area contributed by atoms with Crippen LogP contribution in [0.3, 0.4) is 0 Å². The third kappa shape index (κ3) is 11.7. The molecule has 0 aliphatic rings. The molecule has 0 amide bonds. The fourth-order valence-electron chi connectivity index (χ4n) is 1.22. The van der Waals surface area contributed by atoms with Gasteiger partial charge in [0.2, 0.25) is 0 Å². The van der Waals surface area contributed by atoms with Crippen molar-refractivity contribution in [3.8, 4) is 0 Å². The minimum Gasteiger partial charge on any atom is -0.481 e. The van der Waals surface area contributed by atoms with Crippen molar-refractivity contribution in [3.63, 3.8) is 0 Å². The molecule has 3 N–H and O–H groups in total. The highest BCUT2D eigenvalue weighted by Gasteiger charge is 2.07. The Bertz CT molecular complexity index is 167. The van der Waals surface area contributed by atoms with Crippen molar-refractivity contribution in [2.24, 2.45) is 0 Å². The lowest BCUT2D eigenvalue weighted by molar-refractivity contribution is -0.139. The van der Waals surface area contributed by atoms with Crippen molar-refractivity contribution in [1.29, 1.82) is 0 Å². The Labute approximate surface area is 95.4 Å². The molecule has 4 nitrogen and oxygen atoms in total. The highest BCUT2D eigenvalue weighted by Crippen LogP contribution is 2.01. The third-order valence-electron chi connectivity index (χ3n) is 1.99. The number of rotatable bonds is 10. The van der Waals surface area contributed by atoms with Gasteiger partial charge >= 0.3 is 5.97 Å². The maximum atomic E-state index is 10.2. The minimum absolute atomic E-state index is 0.181. The van der Waals surface area contributed by atoms with Crippen LogP contribution >= 0.6 is 11.8 Å². The second-order valence-corrected chi connectivity index (χ2v) is 4.49. The first-order valence-electron chi connectivity index (χ1n) is 5.26. The molecule has 0 saturated carbocycles. The monoisotopic (exact) mass is 235 g/mol. The van der Waals surface area contributed by atoms with E-state index in [4.69, 9.17) is 5.11 Å². The second-order valence-electron chi connectivity index (χ2n) is 3.51. The fraction of sp³-hybridized carbons (Fsp3) is 0.900. The number of hydrogen-bond acceptors (Lipinski definition) is 4. The van der Waals surface area contributed by atoms with Crippen molar-refractivity contribution >= 4 is 17.7 Å². The lowest BCUT2D eigenvalue weighted by Gasteiger charge is -2.09. The number of aliphatic hydroxyl groups excluding tert-OH is 1. The number of nitrogens with one attached hydrogen (secondary N) is 1. The van der Waals surface area contributed by atoms with Crippen molar-refractivity contribution in [1.82, 2.24) is 5.32 Å².